The SMILES string of the molecule is Cc1ccc(C(=N)c2nc(N3CC[C@]4(CCN(C(C)C(=O)N5CC=C(c6ncc(-c7ncn(C)n7)s6)CC5)C4)C3=O)ccc2N)cc1. The van der Waals surface area contributed by atoms with Crippen molar-refractivity contribution in [2.45, 2.75) is 39.2 Å². The number of nitrogen functional groups attached to an aromatic ring is 1. The minimum atomic E-state index is -0.553. The van der Waals surface area contributed by atoms with Crippen LogP contribution >= 0.6 is 11.3 Å². The van der Waals surface area contributed by atoms with Gasteiger partial charge in [0.25, 0.3) is 0 Å². The molecule has 3 aromatic heterocycles. The van der Waals surface area contributed by atoms with Gasteiger partial charge in [-0.1, -0.05) is 35.9 Å². The number of aryl methyl sites for hydroxylation is 2. The number of anilines is 2. The fraction of sp³-hybridized carbons (Fsp3) is 0.382. The van der Waals surface area contributed by atoms with Gasteiger partial charge in [0, 0.05) is 51.5 Å². The van der Waals surface area contributed by atoms with E-state index in [0.29, 0.717) is 68.6 Å². The van der Waals surface area contributed by atoms with E-state index < -0.39 is 5.41 Å². The maximum absolute atomic E-state index is 14.0. The molecule has 1 spiro atoms. The number of aromatic nitrogens is 5. The van der Waals surface area contributed by atoms with Crippen molar-refractivity contribution in [1.82, 2.24) is 34.5 Å². The fourth-order valence-corrected chi connectivity index (χ4v) is 7.70. The third-order valence-electron chi connectivity index (χ3n) is 9.69. The quantitative estimate of drug-likeness (QED) is 0.287. The zero-order valence-corrected chi connectivity index (χ0v) is 27.6. The van der Waals surface area contributed by atoms with Crippen molar-refractivity contribution < 1.29 is 9.59 Å². The molecule has 2 saturated heterocycles. The summed E-state index contributed by atoms with van der Waals surface area (Å²) >= 11 is 1.57. The third kappa shape index (κ3) is 5.74. The van der Waals surface area contributed by atoms with E-state index in [4.69, 9.17) is 16.1 Å². The summed E-state index contributed by atoms with van der Waals surface area (Å²) in [5, 5.41) is 14.1. The minimum absolute atomic E-state index is 0.0269. The van der Waals surface area contributed by atoms with E-state index in [0.717, 1.165) is 33.0 Å². The number of nitrogens with zero attached hydrogens (tertiary/aromatic N) is 8. The van der Waals surface area contributed by atoms with E-state index in [1.165, 1.54) is 0 Å². The lowest BCUT2D eigenvalue weighted by Gasteiger charge is -2.32. The summed E-state index contributed by atoms with van der Waals surface area (Å²) in [7, 11) is 1.84. The number of benzene rings is 1. The zero-order valence-electron chi connectivity index (χ0n) is 26.8. The number of carbonyl (C=O) groups is 2. The Morgan fingerprint density at radius 3 is 2.60 bits per heavy atom. The maximum atomic E-state index is 14.0. The molecule has 2 amide bonds. The molecule has 6 heterocycles. The molecule has 3 aliphatic rings. The third-order valence-corrected chi connectivity index (χ3v) is 10.8. The van der Waals surface area contributed by atoms with Gasteiger partial charge in [0.05, 0.1) is 27.7 Å². The van der Waals surface area contributed by atoms with Gasteiger partial charge < -0.3 is 10.6 Å². The van der Waals surface area contributed by atoms with E-state index in [1.54, 1.807) is 39.4 Å². The molecule has 13 heteroatoms. The molecule has 3 aliphatic heterocycles. The topological polar surface area (TPSA) is 150 Å². The summed E-state index contributed by atoms with van der Waals surface area (Å²) in [4.78, 5) is 47.9. The molecule has 2 fully saturated rings. The highest BCUT2D eigenvalue weighted by atomic mass is 32.1. The average molecular weight is 651 g/mol. The highest BCUT2D eigenvalue weighted by molar-refractivity contribution is 7.16. The van der Waals surface area contributed by atoms with Crippen LogP contribution in [0.25, 0.3) is 16.3 Å². The molecule has 2 atom stereocenters. The van der Waals surface area contributed by atoms with Crippen molar-refractivity contribution in [2.24, 2.45) is 12.5 Å². The molecule has 3 N–H and O–H groups in total. The van der Waals surface area contributed by atoms with Crippen LogP contribution in [0, 0.1) is 17.7 Å². The lowest BCUT2D eigenvalue weighted by molar-refractivity contribution is -0.136. The molecule has 1 unspecified atom stereocenters. The first-order chi connectivity index (χ1) is 22.6. The van der Waals surface area contributed by atoms with Crippen LogP contribution in [-0.4, -0.2) is 90.8 Å². The predicted molar refractivity (Wildman–Crippen MR) is 182 cm³/mol. The average Bonchev–Trinajstić information content (AvgIpc) is 3.89. The van der Waals surface area contributed by atoms with Crippen molar-refractivity contribution in [3.8, 4) is 10.7 Å². The Morgan fingerprint density at radius 1 is 1.09 bits per heavy atom. The second-order valence-corrected chi connectivity index (χ2v) is 13.8. The number of hydrogen-bond acceptors (Lipinski definition) is 10. The molecular weight excluding hydrogens is 613 g/mol. The Kier molecular flexibility index (Phi) is 7.96. The van der Waals surface area contributed by atoms with E-state index in [2.05, 4.69) is 26.0 Å². The van der Waals surface area contributed by atoms with Crippen LogP contribution in [0.1, 0.15) is 48.0 Å². The molecule has 4 aromatic rings. The first-order valence-electron chi connectivity index (χ1n) is 15.9. The van der Waals surface area contributed by atoms with Crippen molar-refractivity contribution in [2.75, 3.05) is 43.4 Å². The van der Waals surface area contributed by atoms with E-state index in [9.17, 15) is 9.59 Å². The molecule has 12 nitrogen and oxygen atoms in total. The summed E-state index contributed by atoms with van der Waals surface area (Å²) in [6.45, 7) is 6.87. The Balaban J connectivity index is 0.988. The lowest BCUT2D eigenvalue weighted by Crippen LogP contribution is -2.48. The maximum Gasteiger partial charge on any atom is 0.239 e. The minimum Gasteiger partial charge on any atom is -0.397 e. The van der Waals surface area contributed by atoms with Gasteiger partial charge in [-0.25, -0.2) is 15.0 Å². The molecule has 1 aromatic carbocycles. The monoisotopic (exact) mass is 650 g/mol. The number of rotatable bonds is 7. The van der Waals surface area contributed by atoms with Crippen LogP contribution in [0.3, 0.4) is 0 Å². The Labute approximate surface area is 277 Å². The molecule has 7 rings (SSSR count). The van der Waals surface area contributed by atoms with Crippen molar-refractivity contribution in [1.29, 1.82) is 5.41 Å². The van der Waals surface area contributed by atoms with Gasteiger partial charge in [0.1, 0.15) is 22.8 Å². The molecular formula is C34H38N10O2S. The molecule has 0 aliphatic carbocycles. The van der Waals surface area contributed by atoms with Gasteiger partial charge >= 0.3 is 0 Å². The highest BCUT2D eigenvalue weighted by Crippen LogP contribution is 2.43. The predicted octanol–water partition coefficient (Wildman–Crippen LogP) is 3.77. The number of carbonyl (C=O) groups excluding carboxylic acids is 2. The van der Waals surface area contributed by atoms with Crippen LogP contribution in [0.5, 0.6) is 0 Å². The molecule has 47 heavy (non-hydrogen) atoms. The number of likely N-dealkylation sites (tertiary alicyclic amines) is 1. The standard InChI is InChI=1S/C34H38N10O2S/c1-21-4-6-23(7-5-21)28(36)29-25(35)8-9-27(39-29)44-17-13-34(33(44)46)12-16-43(19-34)22(2)32(45)42-14-10-24(11-15-42)31-37-18-26(47-31)30-38-20-41(3)40-30/h4-10,18,20,22,36H,11-17,19,35H2,1-3H3/t22?,34-/m0/s1. The normalized spacial score (nSPS) is 20.7. The fourth-order valence-electron chi connectivity index (χ4n) is 6.78. The first kappa shape index (κ1) is 30.9. The van der Waals surface area contributed by atoms with Crippen molar-refractivity contribution in [3.63, 3.8) is 0 Å². The number of nitrogens with one attached hydrogen (secondary N) is 1. The lowest BCUT2D eigenvalue weighted by atomic mass is 9.85. The van der Waals surface area contributed by atoms with Crippen molar-refractivity contribution >= 4 is 45.9 Å². The van der Waals surface area contributed by atoms with Crippen molar-refractivity contribution in [3.05, 3.63) is 76.8 Å². The number of nitrogens with two attached hydrogens (primary N) is 1. The number of thiazole rings is 1. The summed E-state index contributed by atoms with van der Waals surface area (Å²) in [6, 6.07) is 10.8. The van der Waals surface area contributed by atoms with Crippen LogP contribution in [-0.2, 0) is 16.6 Å². The van der Waals surface area contributed by atoms with E-state index in [1.807, 2.05) is 56.3 Å². The summed E-state index contributed by atoms with van der Waals surface area (Å²) < 4.78 is 1.67. The second kappa shape index (κ2) is 12.1. The second-order valence-electron chi connectivity index (χ2n) is 12.8. The first-order valence-corrected chi connectivity index (χ1v) is 16.7. The number of hydrogen-bond donors (Lipinski definition) is 2. The van der Waals surface area contributed by atoms with Crippen LogP contribution in [0.15, 0.2) is 55.0 Å². The highest BCUT2D eigenvalue weighted by Gasteiger charge is 2.52. The summed E-state index contributed by atoms with van der Waals surface area (Å²) in [5.41, 5.74) is 9.65. The van der Waals surface area contributed by atoms with E-state index in [-0.39, 0.29) is 23.6 Å². The number of pyridine rings is 1. The molecule has 0 radical (unpaired) electrons. The van der Waals surface area contributed by atoms with Gasteiger partial charge in [0.15, 0.2) is 5.82 Å². The molecule has 0 saturated carbocycles. The molecule has 0 bridgehead atoms. The van der Waals surface area contributed by atoms with Crippen LogP contribution in [0.2, 0.25) is 0 Å². The van der Waals surface area contributed by atoms with Gasteiger partial charge in [-0.2, -0.15) is 5.10 Å². The van der Waals surface area contributed by atoms with Gasteiger partial charge in [-0.3, -0.25) is 29.5 Å². The smallest absolute Gasteiger partial charge is 0.239 e. The van der Waals surface area contributed by atoms with Gasteiger partial charge in [0.2, 0.25) is 11.8 Å². The summed E-state index contributed by atoms with van der Waals surface area (Å²) in [6.07, 6.45) is 7.70. The Hall–Kier alpha value is -4.75. The largest absolute Gasteiger partial charge is 0.397 e. The van der Waals surface area contributed by atoms with Gasteiger partial charge in [-0.15, -0.1) is 11.3 Å². The number of amides is 2. The van der Waals surface area contributed by atoms with Crippen LogP contribution < -0.4 is 10.6 Å². The zero-order chi connectivity index (χ0) is 32.9. The summed E-state index contributed by atoms with van der Waals surface area (Å²) in [5.74, 6) is 1.28. The Bertz CT molecular complexity index is 1900. The van der Waals surface area contributed by atoms with E-state index >= 15 is 0 Å². The Morgan fingerprint density at radius 2 is 1.87 bits per heavy atom. The van der Waals surface area contributed by atoms with Gasteiger partial charge in [-0.05, 0) is 50.8 Å². The molecule has 242 valence electrons. The van der Waals surface area contributed by atoms with Crippen LogP contribution in [0.4, 0.5) is 11.5 Å².